The van der Waals surface area contributed by atoms with E-state index in [2.05, 4.69) is 50.0 Å². The summed E-state index contributed by atoms with van der Waals surface area (Å²) in [4.78, 5) is 4.70. The molecule has 0 radical (unpaired) electrons. The number of hydrogen-bond donors (Lipinski definition) is 0. The lowest BCUT2D eigenvalue weighted by Gasteiger charge is -2.34. The monoisotopic (exact) mass is 168 g/mol. The molecule has 1 heterocycles. The van der Waals surface area contributed by atoms with Crippen LogP contribution < -0.4 is 0 Å². The zero-order chi connectivity index (χ0) is 9.14. The molecule has 0 fully saturated rings. The van der Waals surface area contributed by atoms with Gasteiger partial charge in [0.15, 0.2) is 0 Å². The van der Waals surface area contributed by atoms with Crippen LogP contribution in [0.5, 0.6) is 0 Å². The van der Waals surface area contributed by atoms with Crippen LogP contribution in [-0.4, -0.2) is 29.6 Å². The van der Waals surface area contributed by atoms with Crippen LogP contribution in [-0.2, 0) is 0 Å². The molecule has 0 saturated heterocycles. The van der Waals surface area contributed by atoms with E-state index >= 15 is 0 Å². The van der Waals surface area contributed by atoms with Gasteiger partial charge in [-0.15, -0.1) is 0 Å². The molecule has 1 aliphatic heterocycles. The molecule has 0 aromatic heterocycles. The topological polar surface area (TPSA) is 6.48 Å². The van der Waals surface area contributed by atoms with Crippen molar-refractivity contribution < 1.29 is 0 Å². The van der Waals surface area contributed by atoms with Crippen LogP contribution >= 0.6 is 0 Å². The van der Waals surface area contributed by atoms with Crippen LogP contribution in [0.25, 0.3) is 0 Å². The lowest BCUT2D eigenvalue weighted by molar-refractivity contribution is 0.121. The van der Waals surface area contributed by atoms with Gasteiger partial charge in [-0.25, -0.2) is 0 Å². The highest BCUT2D eigenvalue weighted by Crippen LogP contribution is 2.22. The Morgan fingerprint density at radius 1 is 1.33 bits per heavy atom. The fraction of sp³-hybridized carbons (Fsp3) is 0.800. The average Bonchev–Trinajstić information content (AvgIpc) is 2.45. The standard InChI is InChI=1S/C10H20N2/c1-5-9(3)10-11(4)7-8-12(10)6-2/h7-10H,5-6H2,1-4H3. The maximum absolute atomic E-state index is 2.40. The van der Waals surface area contributed by atoms with Crippen molar-refractivity contribution >= 4 is 0 Å². The second-order valence-corrected chi connectivity index (χ2v) is 3.59. The molecule has 1 aliphatic rings. The highest BCUT2D eigenvalue weighted by atomic mass is 15.4. The average molecular weight is 168 g/mol. The van der Waals surface area contributed by atoms with Crippen LogP contribution in [0.4, 0.5) is 0 Å². The molecule has 2 heteroatoms. The third-order valence-corrected chi connectivity index (χ3v) is 2.77. The fourth-order valence-electron chi connectivity index (χ4n) is 1.83. The Kier molecular flexibility index (Phi) is 3.01. The van der Waals surface area contributed by atoms with E-state index < -0.39 is 0 Å². The first kappa shape index (κ1) is 9.43. The van der Waals surface area contributed by atoms with Gasteiger partial charge in [-0.1, -0.05) is 13.8 Å². The SMILES string of the molecule is CCC(C)C1N(C)C=CN1CC. The molecule has 12 heavy (non-hydrogen) atoms. The summed E-state index contributed by atoms with van der Waals surface area (Å²) in [6.07, 6.45) is 6.18. The minimum Gasteiger partial charge on any atom is -0.359 e. The van der Waals surface area contributed by atoms with Crippen molar-refractivity contribution in [1.29, 1.82) is 0 Å². The molecule has 0 saturated carbocycles. The van der Waals surface area contributed by atoms with E-state index in [9.17, 15) is 0 Å². The first-order valence-corrected chi connectivity index (χ1v) is 4.86. The van der Waals surface area contributed by atoms with Crippen LogP contribution in [0.2, 0.25) is 0 Å². The second-order valence-electron chi connectivity index (χ2n) is 3.59. The molecule has 2 nitrogen and oxygen atoms in total. The van der Waals surface area contributed by atoms with Crippen molar-refractivity contribution in [2.24, 2.45) is 5.92 Å². The molecule has 70 valence electrons. The van der Waals surface area contributed by atoms with Crippen LogP contribution in [0, 0.1) is 5.92 Å². The zero-order valence-electron chi connectivity index (χ0n) is 8.62. The Morgan fingerprint density at radius 2 is 2.00 bits per heavy atom. The van der Waals surface area contributed by atoms with Crippen LogP contribution in [0.15, 0.2) is 12.4 Å². The highest BCUT2D eigenvalue weighted by molar-refractivity contribution is 4.96. The number of rotatable bonds is 3. The third kappa shape index (κ3) is 1.57. The van der Waals surface area contributed by atoms with Gasteiger partial charge in [0.2, 0.25) is 0 Å². The number of hydrogen-bond acceptors (Lipinski definition) is 2. The van der Waals surface area contributed by atoms with Gasteiger partial charge in [-0.2, -0.15) is 0 Å². The quantitative estimate of drug-likeness (QED) is 0.636. The summed E-state index contributed by atoms with van der Waals surface area (Å²) in [5, 5.41) is 0. The predicted octanol–water partition coefficient (Wildman–Crippen LogP) is 2.10. The molecule has 1 rings (SSSR count). The minimum absolute atomic E-state index is 0.583. The molecule has 0 spiro atoms. The van der Waals surface area contributed by atoms with E-state index in [0.717, 1.165) is 12.5 Å². The maximum Gasteiger partial charge on any atom is 0.103 e. The molecule has 2 unspecified atom stereocenters. The van der Waals surface area contributed by atoms with Crippen molar-refractivity contribution in [3.8, 4) is 0 Å². The summed E-state index contributed by atoms with van der Waals surface area (Å²) in [6, 6.07) is 0. The van der Waals surface area contributed by atoms with E-state index in [1.807, 2.05) is 0 Å². The Balaban J connectivity index is 2.61. The summed E-state index contributed by atoms with van der Waals surface area (Å²) >= 11 is 0. The Bertz CT molecular complexity index is 165. The summed E-state index contributed by atoms with van der Waals surface area (Å²) in [7, 11) is 2.16. The van der Waals surface area contributed by atoms with E-state index in [-0.39, 0.29) is 0 Å². The summed E-state index contributed by atoms with van der Waals surface area (Å²) in [5.74, 6) is 0.741. The molecular weight excluding hydrogens is 148 g/mol. The second kappa shape index (κ2) is 3.83. The van der Waals surface area contributed by atoms with Crippen molar-refractivity contribution in [1.82, 2.24) is 9.80 Å². The van der Waals surface area contributed by atoms with Gasteiger partial charge in [-0.3, -0.25) is 0 Å². The minimum atomic E-state index is 0.583. The third-order valence-electron chi connectivity index (χ3n) is 2.77. The molecule has 0 aliphatic carbocycles. The summed E-state index contributed by atoms with van der Waals surface area (Å²) in [6.45, 7) is 7.89. The van der Waals surface area contributed by atoms with Crippen LogP contribution in [0.3, 0.4) is 0 Å². The van der Waals surface area contributed by atoms with Gasteiger partial charge in [0, 0.05) is 26.0 Å². The summed E-state index contributed by atoms with van der Waals surface area (Å²) in [5.41, 5.74) is 0. The number of nitrogens with zero attached hydrogens (tertiary/aromatic N) is 2. The van der Waals surface area contributed by atoms with E-state index in [0.29, 0.717) is 6.17 Å². The Hall–Kier alpha value is -0.660. The summed E-state index contributed by atoms with van der Waals surface area (Å²) < 4.78 is 0. The van der Waals surface area contributed by atoms with Gasteiger partial charge in [-0.05, 0) is 19.3 Å². The maximum atomic E-state index is 2.40. The molecule has 0 aromatic rings. The lowest BCUT2D eigenvalue weighted by atomic mass is 10.0. The predicted molar refractivity (Wildman–Crippen MR) is 52.5 cm³/mol. The first-order valence-electron chi connectivity index (χ1n) is 4.86. The van der Waals surface area contributed by atoms with E-state index in [1.165, 1.54) is 6.42 Å². The molecule has 0 bridgehead atoms. The van der Waals surface area contributed by atoms with Crippen LogP contribution in [0.1, 0.15) is 27.2 Å². The molecular formula is C10H20N2. The van der Waals surface area contributed by atoms with Gasteiger partial charge >= 0.3 is 0 Å². The Labute approximate surface area is 75.8 Å². The van der Waals surface area contributed by atoms with E-state index in [1.54, 1.807) is 0 Å². The van der Waals surface area contributed by atoms with Crippen molar-refractivity contribution in [3.63, 3.8) is 0 Å². The molecule has 0 aromatic carbocycles. The largest absolute Gasteiger partial charge is 0.359 e. The fourth-order valence-corrected chi connectivity index (χ4v) is 1.83. The molecule has 0 amide bonds. The van der Waals surface area contributed by atoms with Crippen molar-refractivity contribution in [2.75, 3.05) is 13.6 Å². The van der Waals surface area contributed by atoms with Gasteiger partial charge in [0.1, 0.15) is 6.17 Å². The van der Waals surface area contributed by atoms with Gasteiger partial charge in [0.25, 0.3) is 0 Å². The molecule has 0 N–H and O–H groups in total. The normalized spacial score (nSPS) is 25.2. The zero-order valence-corrected chi connectivity index (χ0v) is 8.62. The lowest BCUT2D eigenvalue weighted by Crippen LogP contribution is -2.41. The smallest absolute Gasteiger partial charge is 0.103 e. The first-order chi connectivity index (χ1) is 5.70. The van der Waals surface area contributed by atoms with Crippen molar-refractivity contribution in [3.05, 3.63) is 12.4 Å². The highest BCUT2D eigenvalue weighted by Gasteiger charge is 2.26. The van der Waals surface area contributed by atoms with Crippen molar-refractivity contribution in [2.45, 2.75) is 33.4 Å². The Morgan fingerprint density at radius 3 is 2.50 bits per heavy atom. The molecule has 2 atom stereocenters. The van der Waals surface area contributed by atoms with Gasteiger partial charge < -0.3 is 9.80 Å². The van der Waals surface area contributed by atoms with Gasteiger partial charge in [0.05, 0.1) is 0 Å². The van der Waals surface area contributed by atoms with E-state index in [4.69, 9.17) is 0 Å².